The molecule has 10 heteroatoms. The second-order valence-electron chi connectivity index (χ2n) is 3.59. The number of rotatable bonds is 5. The second-order valence-corrected chi connectivity index (χ2v) is 3.86. The number of alkyl halides is 1. The van der Waals surface area contributed by atoms with Gasteiger partial charge in [0.1, 0.15) is 6.54 Å². The van der Waals surface area contributed by atoms with Crippen LogP contribution in [0.25, 0.3) is 0 Å². The van der Waals surface area contributed by atoms with Gasteiger partial charge in [0.25, 0.3) is 0 Å². The first-order valence-corrected chi connectivity index (χ1v) is 6.07. The van der Waals surface area contributed by atoms with E-state index in [1.807, 2.05) is 0 Å². The van der Waals surface area contributed by atoms with Crippen molar-refractivity contribution in [3.63, 3.8) is 0 Å². The molecule has 2 heterocycles. The van der Waals surface area contributed by atoms with Gasteiger partial charge in [0, 0.05) is 0 Å². The average molecular weight is 286 g/mol. The second kappa shape index (κ2) is 5.74. The van der Waals surface area contributed by atoms with Crippen LogP contribution in [0.1, 0.15) is 28.9 Å². The van der Waals surface area contributed by atoms with Crippen molar-refractivity contribution in [2.45, 2.75) is 19.3 Å². The highest BCUT2D eigenvalue weighted by Crippen LogP contribution is 2.11. The van der Waals surface area contributed by atoms with Gasteiger partial charge in [0.2, 0.25) is 0 Å². The van der Waals surface area contributed by atoms with Crippen molar-refractivity contribution in [1.29, 1.82) is 0 Å². The molecule has 102 valence electrons. The van der Waals surface area contributed by atoms with Gasteiger partial charge in [-0.05, 0) is 12.1 Å². The molecule has 0 fully saturated rings. The van der Waals surface area contributed by atoms with Crippen LogP contribution in [-0.2, 0) is 24.2 Å². The number of aromatic nitrogens is 7. The van der Waals surface area contributed by atoms with E-state index in [1.54, 1.807) is 14.0 Å². The summed E-state index contributed by atoms with van der Waals surface area (Å²) in [7, 11) is 1.66. The van der Waals surface area contributed by atoms with Crippen LogP contribution in [-0.4, -0.2) is 47.8 Å². The lowest BCUT2D eigenvalue weighted by Gasteiger charge is -2.02. The molecule has 2 rings (SSSR count). The number of aryl methyl sites for hydroxylation is 1. The molecule has 0 spiro atoms. The van der Waals surface area contributed by atoms with Crippen LogP contribution in [0.3, 0.4) is 0 Å². The summed E-state index contributed by atoms with van der Waals surface area (Å²) in [5.41, 5.74) is 0.577. The minimum absolute atomic E-state index is 0.0847. The molecule has 0 saturated carbocycles. The molecule has 0 N–H and O–H groups in total. The van der Waals surface area contributed by atoms with E-state index in [2.05, 4.69) is 25.7 Å². The number of carbonyl (C=O) groups is 1. The highest BCUT2D eigenvalue weighted by molar-refractivity contribution is 6.17. The Morgan fingerprint density at radius 3 is 2.74 bits per heavy atom. The maximum absolute atomic E-state index is 11.6. The van der Waals surface area contributed by atoms with Crippen molar-refractivity contribution in [2.24, 2.45) is 7.05 Å². The molecule has 0 bridgehead atoms. The molecule has 0 radical (unpaired) electrons. The largest absolute Gasteiger partial charge is 0.461 e. The van der Waals surface area contributed by atoms with E-state index in [-0.39, 0.29) is 24.7 Å². The zero-order valence-corrected chi connectivity index (χ0v) is 11.2. The van der Waals surface area contributed by atoms with Crippen molar-refractivity contribution in [3.8, 4) is 0 Å². The third kappa shape index (κ3) is 2.87. The smallest absolute Gasteiger partial charge is 0.360 e. The van der Waals surface area contributed by atoms with E-state index in [1.165, 1.54) is 9.48 Å². The van der Waals surface area contributed by atoms with E-state index in [9.17, 15) is 4.79 Å². The van der Waals surface area contributed by atoms with Gasteiger partial charge in [-0.1, -0.05) is 5.21 Å². The lowest BCUT2D eigenvalue weighted by molar-refractivity contribution is 0.0518. The maximum atomic E-state index is 11.6. The quantitative estimate of drug-likeness (QED) is 0.552. The van der Waals surface area contributed by atoms with Gasteiger partial charge in [-0.15, -0.1) is 26.9 Å². The van der Waals surface area contributed by atoms with E-state index < -0.39 is 5.97 Å². The third-order valence-corrected chi connectivity index (χ3v) is 2.53. The molecular weight excluding hydrogens is 274 g/mol. The summed E-state index contributed by atoms with van der Waals surface area (Å²) in [5.74, 6) is -0.00723. The van der Waals surface area contributed by atoms with Crippen molar-refractivity contribution >= 4 is 17.6 Å². The summed E-state index contributed by atoms with van der Waals surface area (Å²) in [6.45, 7) is 2.22. The van der Waals surface area contributed by atoms with Gasteiger partial charge in [-0.25, -0.2) is 9.48 Å². The molecule has 9 nitrogen and oxygen atoms in total. The molecule has 0 aliphatic carbocycles. The summed E-state index contributed by atoms with van der Waals surface area (Å²) in [5, 5.41) is 19.2. The predicted molar refractivity (Wildman–Crippen MR) is 63.4 cm³/mol. The summed E-state index contributed by atoms with van der Waals surface area (Å²) >= 11 is 5.82. The van der Waals surface area contributed by atoms with E-state index in [0.717, 1.165) is 0 Å². The number of hydrogen-bond donors (Lipinski definition) is 0. The van der Waals surface area contributed by atoms with Crippen LogP contribution in [0.15, 0.2) is 0 Å². The Balaban J connectivity index is 2.24. The zero-order valence-electron chi connectivity index (χ0n) is 10.4. The highest BCUT2D eigenvalue weighted by Gasteiger charge is 2.20. The summed E-state index contributed by atoms with van der Waals surface area (Å²) in [6.07, 6.45) is 0. The number of carbonyl (C=O) groups excluding carboxylic acids is 1. The number of nitrogens with zero attached hydrogens (tertiary/aromatic N) is 7. The van der Waals surface area contributed by atoms with Crippen molar-refractivity contribution in [1.82, 2.24) is 35.2 Å². The lowest BCUT2D eigenvalue weighted by atomic mass is 10.3. The molecule has 2 aromatic rings. The molecule has 0 unspecified atom stereocenters. The molecule has 0 amide bonds. The van der Waals surface area contributed by atoms with Crippen LogP contribution in [0.5, 0.6) is 0 Å². The number of esters is 1. The normalized spacial score (nSPS) is 10.7. The SMILES string of the molecule is CCOC(=O)c1nnn(Cc2nnn(C)n2)c1CCl. The van der Waals surface area contributed by atoms with Gasteiger partial charge in [-0.2, -0.15) is 4.80 Å². The first-order valence-electron chi connectivity index (χ1n) is 5.54. The Labute approximate surface area is 113 Å². The summed E-state index contributed by atoms with van der Waals surface area (Å²) in [4.78, 5) is 13.0. The van der Waals surface area contributed by atoms with Crippen LogP contribution in [0.4, 0.5) is 0 Å². The fourth-order valence-corrected chi connectivity index (χ4v) is 1.74. The summed E-state index contributed by atoms with van der Waals surface area (Å²) < 4.78 is 6.33. The molecule has 19 heavy (non-hydrogen) atoms. The molecule has 2 aromatic heterocycles. The Morgan fingerprint density at radius 2 is 2.16 bits per heavy atom. The van der Waals surface area contributed by atoms with Gasteiger partial charge in [0.15, 0.2) is 11.5 Å². The molecular formula is C9H12ClN7O2. The molecule has 0 saturated heterocycles. The van der Waals surface area contributed by atoms with Crippen LogP contribution < -0.4 is 0 Å². The number of hydrogen-bond acceptors (Lipinski definition) is 7. The first kappa shape index (κ1) is 13.4. The van der Waals surface area contributed by atoms with Crippen molar-refractivity contribution < 1.29 is 9.53 Å². The lowest BCUT2D eigenvalue weighted by Crippen LogP contribution is -2.11. The predicted octanol–water partition coefficient (Wildman–Crippen LogP) is -0.235. The third-order valence-electron chi connectivity index (χ3n) is 2.27. The Hall–Kier alpha value is -2.03. The molecule has 0 aromatic carbocycles. The first-order chi connectivity index (χ1) is 9.15. The van der Waals surface area contributed by atoms with E-state index in [4.69, 9.17) is 16.3 Å². The molecule has 0 aliphatic heterocycles. The Morgan fingerprint density at radius 1 is 1.37 bits per heavy atom. The fraction of sp³-hybridized carbons (Fsp3) is 0.556. The standard InChI is InChI=1S/C9H12ClN7O2/c1-3-19-9(18)8-6(4-10)17(15-12-8)5-7-11-14-16(2)13-7/h3-5H2,1-2H3. The Bertz CT molecular complexity index is 579. The van der Waals surface area contributed by atoms with Crippen LogP contribution >= 0.6 is 11.6 Å². The topological polar surface area (TPSA) is 101 Å². The summed E-state index contributed by atoms with van der Waals surface area (Å²) in [6, 6.07) is 0. The van der Waals surface area contributed by atoms with Gasteiger partial charge < -0.3 is 4.74 Å². The number of halogens is 1. The van der Waals surface area contributed by atoms with Crippen LogP contribution in [0, 0.1) is 0 Å². The highest BCUT2D eigenvalue weighted by atomic mass is 35.5. The van der Waals surface area contributed by atoms with Crippen LogP contribution in [0.2, 0.25) is 0 Å². The molecule has 0 aliphatic rings. The van der Waals surface area contributed by atoms with Crippen molar-refractivity contribution in [3.05, 3.63) is 17.2 Å². The maximum Gasteiger partial charge on any atom is 0.360 e. The Kier molecular flexibility index (Phi) is 4.05. The van der Waals surface area contributed by atoms with Crippen molar-refractivity contribution in [2.75, 3.05) is 6.61 Å². The fourth-order valence-electron chi connectivity index (χ4n) is 1.47. The minimum Gasteiger partial charge on any atom is -0.461 e. The number of ether oxygens (including phenoxy) is 1. The zero-order chi connectivity index (χ0) is 13.8. The van der Waals surface area contributed by atoms with E-state index >= 15 is 0 Å². The van der Waals surface area contributed by atoms with Gasteiger partial charge in [-0.3, -0.25) is 0 Å². The molecule has 0 atom stereocenters. The minimum atomic E-state index is -0.545. The monoisotopic (exact) mass is 285 g/mol. The van der Waals surface area contributed by atoms with Gasteiger partial charge in [0.05, 0.1) is 25.2 Å². The number of tetrazole rings is 1. The van der Waals surface area contributed by atoms with E-state index in [0.29, 0.717) is 11.5 Å². The van der Waals surface area contributed by atoms with Gasteiger partial charge >= 0.3 is 5.97 Å². The average Bonchev–Trinajstić information content (AvgIpc) is 2.96.